The third kappa shape index (κ3) is 4.32. The average molecular weight is 304 g/mol. The van der Waals surface area contributed by atoms with Crippen LogP contribution in [-0.2, 0) is 11.2 Å². The normalized spacial score (nSPS) is 10.6. The molecule has 0 bridgehead atoms. The molecule has 0 aliphatic heterocycles. The van der Waals surface area contributed by atoms with Crippen molar-refractivity contribution in [2.75, 3.05) is 14.2 Å². The van der Waals surface area contributed by atoms with Gasteiger partial charge in [0.05, 0.1) is 26.9 Å². The van der Waals surface area contributed by atoms with E-state index in [0.29, 0.717) is 17.9 Å². The third-order valence-corrected chi connectivity index (χ3v) is 3.60. The lowest BCUT2D eigenvalue weighted by Crippen LogP contribution is -2.19. The predicted octanol–water partition coefficient (Wildman–Crippen LogP) is 2.46. The van der Waals surface area contributed by atoms with Gasteiger partial charge in [0.15, 0.2) is 11.5 Å². The molecule has 1 heterocycles. The van der Waals surface area contributed by atoms with Gasteiger partial charge < -0.3 is 9.47 Å². The van der Waals surface area contributed by atoms with Gasteiger partial charge in [0, 0.05) is 4.88 Å². The molecule has 0 unspecified atom stereocenters. The minimum atomic E-state index is -0.144. The van der Waals surface area contributed by atoms with E-state index in [4.69, 9.17) is 9.47 Å². The van der Waals surface area contributed by atoms with Gasteiger partial charge >= 0.3 is 0 Å². The summed E-state index contributed by atoms with van der Waals surface area (Å²) in [5.74, 6) is 1.12. The number of hydrogen-bond donors (Lipinski definition) is 1. The largest absolute Gasteiger partial charge is 0.493 e. The van der Waals surface area contributed by atoms with Crippen LogP contribution >= 0.6 is 11.3 Å². The first-order valence-electron chi connectivity index (χ1n) is 6.29. The van der Waals surface area contributed by atoms with E-state index in [1.807, 2.05) is 23.6 Å². The molecule has 0 atom stereocenters. The van der Waals surface area contributed by atoms with Gasteiger partial charge in [-0.1, -0.05) is 6.07 Å². The summed E-state index contributed by atoms with van der Waals surface area (Å²) in [6, 6.07) is 9.24. The molecule has 110 valence electrons. The molecule has 0 aliphatic rings. The van der Waals surface area contributed by atoms with E-state index in [9.17, 15) is 4.79 Å². The fraction of sp³-hybridized carbons (Fsp3) is 0.200. The highest BCUT2D eigenvalue weighted by atomic mass is 32.1. The number of carbonyl (C=O) groups is 1. The second-order valence-electron chi connectivity index (χ2n) is 4.16. The number of methoxy groups -OCH3 is 2. The van der Waals surface area contributed by atoms with Gasteiger partial charge in [0.2, 0.25) is 5.91 Å². The first kappa shape index (κ1) is 15.1. The second-order valence-corrected chi connectivity index (χ2v) is 5.20. The van der Waals surface area contributed by atoms with Crippen LogP contribution in [0.4, 0.5) is 0 Å². The lowest BCUT2D eigenvalue weighted by atomic mass is 10.2. The van der Waals surface area contributed by atoms with Gasteiger partial charge in [-0.2, -0.15) is 5.10 Å². The quantitative estimate of drug-likeness (QED) is 0.659. The summed E-state index contributed by atoms with van der Waals surface area (Å²) in [6.07, 6.45) is 1.90. The number of hydrogen-bond acceptors (Lipinski definition) is 5. The van der Waals surface area contributed by atoms with Crippen molar-refractivity contribution in [3.8, 4) is 11.5 Å². The lowest BCUT2D eigenvalue weighted by molar-refractivity contribution is -0.120. The van der Waals surface area contributed by atoms with Crippen LogP contribution < -0.4 is 14.9 Å². The minimum absolute atomic E-state index is 0.144. The van der Waals surface area contributed by atoms with Crippen LogP contribution in [0, 0.1) is 0 Å². The monoisotopic (exact) mass is 304 g/mol. The van der Waals surface area contributed by atoms with Crippen LogP contribution in [0.15, 0.2) is 40.8 Å². The van der Waals surface area contributed by atoms with Gasteiger partial charge in [-0.05, 0) is 35.2 Å². The maximum atomic E-state index is 11.7. The number of amides is 1. The number of hydrazone groups is 1. The number of benzene rings is 1. The summed E-state index contributed by atoms with van der Waals surface area (Å²) < 4.78 is 10.4. The molecule has 0 aliphatic carbocycles. The molecule has 1 aromatic carbocycles. The highest BCUT2D eigenvalue weighted by Crippen LogP contribution is 2.26. The Morgan fingerprint density at radius 2 is 2.10 bits per heavy atom. The van der Waals surface area contributed by atoms with Crippen molar-refractivity contribution in [3.05, 3.63) is 46.2 Å². The molecule has 0 saturated heterocycles. The van der Waals surface area contributed by atoms with Crippen molar-refractivity contribution < 1.29 is 14.3 Å². The fourth-order valence-corrected chi connectivity index (χ4v) is 2.43. The summed E-state index contributed by atoms with van der Waals surface area (Å²) in [5.41, 5.74) is 3.31. The molecule has 21 heavy (non-hydrogen) atoms. The third-order valence-electron chi connectivity index (χ3n) is 2.73. The predicted molar refractivity (Wildman–Crippen MR) is 83.3 cm³/mol. The van der Waals surface area contributed by atoms with Crippen molar-refractivity contribution in [2.45, 2.75) is 6.42 Å². The Kier molecular flexibility index (Phi) is 5.34. The first-order chi connectivity index (χ1) is 10.2. The van der Waals surface area contributed by atoms with E-state index in [2.05, 4.69) is 10.5 Å². The van der Waals surface area contributed by atoms with E-state index in [1.54, 1.807) is 43.9 Å². The highest BCUT2D eigenvalue weighted by molar-refractivity contribution is 7.10. The van der Waals surface area contributed by atoms with E-state index in [0.717, 1.165) is 10.4 Å². The minimum Gasteiger partial charge on any atom is -0.493 e. The molecule has 1 aromatic heterocycles. The van der Waals surface area contributed by atoms with Crippen LogP contribution in [-0.4, -0.2) is 26.3 Å². The SMILES string of the molecule is COc1ccc(/C=N/NC(=O)Cc2cccs2)cc1OC. The molecule has 1 N–H and O–H groups in total. The van der Waals surface area contributed by atoms with E-state index in [1.165, 1.54) is 0 Å². The molecule has 0 saturated carbocycles. The van der Waals surface area contributed by atoms with Gasteiger partial charge in [0.25, 0.3) is 0 Å². The van der Waals surface area contributed by atoms with E-state index in [-0.39, 0.29) is 5.91 Å². The van der Waals surface area contributed by atoms with Crippen LogP contribution in [0.3, 0.4) is 0 Å². The smallest absolute Gasteiger partial charge is 0.245 e. The first-order valence-corrected chi connectivity index (χ1v) is 7.17. The van der Waals surface area contributed by atoms with Gasteiger partial charge in [-0.15, -0.1) is 11.3 Å². The zero-order valence-corrected chi connectivity index (χ0v) is 12.6. The van der Waals surface area contributed by atoms with Crippen molar-refractivity contribution in [3.63, 3.8) is 0 Å². The zero-order valence-electron chi connectivity index (χ0n) is 11.8. The molecular formula is C15H16N2O3S. The molecular weight excluding hydrogens is 288 g/mol. The summed E-state index contributed by atoms with van der Waals surface area (Å²) in [5, 5.41) is 5.88. The molecule has 2 aromatic rings. The van der Waals surface area contributed by atoms with Gasteiger partial charge in [-0.3, -0.25) is 4.79 Å². The fourth-order valence-electron chi connectivity index (χ4n) is 1.72. The number of thiophene rings is 1. The summed E-state index contributed by atoms with van der Waals surface area (Å²) in [4.78, 5) is 12.7. The summed E-state index contributed by atoms with van der Waals surface area (Å²) in [7, 11) is 3.15. The van der Waals surface area contributed by atoms with Crippen molar-refractivity contribution >= 4 is 23.5 Å². The maximum Gasteiger partial charge on any atom is 0.245 e. The van der Waals surface area contributed by atoms with Crippen molar-refractivity contribution in [1.29, 1.82) is 0 Å². The van der Waals surface area contributed by atoms with E-state index < -0.39 is 0 Å². The van der Waals surface area contributed by atoms with Crippen LogP contribution in [0.1, 0.15) is 10.4 Å². The number of carbonyl (C=O) groups excluding carboxylic acids is 1. The lowest BCUT2D eigenvalue weighted by Gasteiger charge is -2.07. The Balaban J connectivity index is 1.93. The molecule has 6 heteroatoms. The Morgan fingerprint density at radius 1 is 1.29 bits per heavy atom. The number of ether oxygens (including phenoxy) is 2. The average Bonchev–Trinajstić information content (AvgIpc) is 2.99. The molecule has 0 radical (unpaired) electrons. The zero-order chi connectivity index (χ0) is 15.1. The van der Waals surface area contributed by atoms with Crippen LogP contribution in [0.2, 0.25) is 0 Å². The van der Waals surface area contributed by atoms with Crippen molar-refractivity contribution in [1.82, 2.24) is 5.43 Å². The van der Waals surface area contributed by atoms with Crippen LogP contribution in [0.5, 0.6) is 11.5 Å². The molecule has 2 rings (SSSR count). The Hall–Kier alpha value is -2.34. The second kappa shape index (κ2) is 7.44. The highest BCUT2D eigenvalue weighted by Gasteiger charge is 2.04. The molecule has 0 fully saturated rings. The summed E-state index contributed by atoms with van der Waals surface area (Å²) in [6.45, 7) is 0. The topological polar surface area (TPSA) is 59.9 Å². The number of rotatable bonds is 6. The van der Waals surface area contributed by atoms with Crippen LogP contribution in [0.25, 0.3) is 0 Å². The number of nitrogens with zero attached hydrogens (tertiary/aromatic N) is 1. The Morgan fingerprint density at radius 3 is 2.76 bits per heavy atom. The molecule has 1 amide bonds. The Bertz CT molecular complexity index is 624. The standard InChI is InChI=1S/C15H16N2O3S/c1-19-13-6-5-11(8-14(13)20-2)10-16-17-15(18)9-12-4-3-7-21-12/h3-8,10H,9H2,1-2H3,(H,17,18)/b16-10+. The maximum absolute atomic E-state index is 11.7. The van der Waals surface area contributed by atoms with Gasteiger partial charge in [-0.25, -0.2) is 5.43 Å². The Labute approximate surface area is 127 Å². The summed E-state index contributed by atoms with van der Waals surface area (Å²) >= 11 is 1.55. The van der Waals surface area contributed by atoms with E-state index >= 15 is 0 Å². The molecule has 5 nitrogen and oxygen atoms in total. The van der Waals surface area contributed by atoms with Crippen molar-refractivity contribution in [2.24, 2.45) is 5.10 Å². The molecule has 0 spiro atoms. The number of nitrogens with one attached hydrogen (secondary N) is 1. The van der Waals surface area contributed by atoms with Gasteiger partial charge in [0.1, 0.15) is 0 Å².